The van der Waals surface area contributed by atoms with Gasteiger partial charge >= 0.3 is 0 Å². The predicted molar refractivity (Wildman–Crippen MR) is 95.4 cm³/mol. The highest BCUT2D eigenvalue weighted by Gasteiger charge is 2.28. The van der Waals surface area contributed by atoms with E-state index in [0.29, 0.717) is 5.96 Å². The summed E-state index contributed by atoms with van der Waals surface area (Å²) in [5.41, 5.74) is -0.296. The molecule has 0 bridgehead atoms. The van der Waals surface area contributed by atoms with E-state index in [1.807, 2.05) is 20.8 Å². The maximum absolute atomic E-state index is 12.1. The zero-order valence-electron chi connectivity index (χ0n) is 15.6. The van der Waals surface area contributed by atoms with E-state index in [0.717, 1.165) is 0 Å². The third-order valence-electron chi connectivity index (χ3n) is 3.06. The average Bonchev–Trinajstić information content (AvgIpc) is 2.30. The summed E-state index contributed by atoms with van der Waals surface area (Å²) in [6.45, 7) is 11.2. The van der Waals surface area contributed by atoms with Gasteiger partial charge in [-0.25, -0.2) is 8.42 Å². The molecule has 136 valence electrons. The van der Waals surface area contributed by atoms with Crippen molar-refractivity contribution in [1.29, 1.82) is 0 Å². The molecule has 0 aromatic carbocycles. The quantitative estimate of drug-likeness (QED) is 0.561. The first kappa shape index (κ1) is 21.7. The Morgan fingerprint density at radius 3 is 2.04 bits per heavy atom. The zero-order valence-corrected chi connectivity index (χ0v) is 16.5. The number of aliphatic imine (C=N–C) groups is 1. The summed E-state index contributed by atoms with van der Waals surface area (Å²) in [5.74, 6) is 0.376. The van der Waals surface area contributed by atoms with Crippen molar-refractivity contribution in [2.45, 2.75) is 51.8 Å². The van der Waals surface area contributed by atoms with Crippen molar-refractivity contribution in [1.82, 2.24) is 15.5 Å². The SMILES string of the molecule is CN=C(NCCS(=O)(=O)C(C)(C)C)N(C)CC(=O)NC(C)(C)C. The number of guanidine groups is 1. The van der Waals surface area contributed by atoms with E-state index in [-0.39, 0.29) is 30.3 Å². The minimum Gasteiger partial charge on any atom is -0.355 e. The molecular weight excluding hydrogens is 316 g/mol. The van der Waals surface area contributed by atoms with Crippen LogP contribution in [0.3, 0.4) is 0 Å². The summed E-state index contributed by atoms with van der Waals surface area (Å²) in [7, 11) is 0.138. The normalized spacial score (nSPS) is 13.7. The van der Waals surface area contributed by atoms with Gasteiger partial charge in [-0.1, -0.05) is 0 Å². The van der Waals surface area contributed by atoms with Crippen LogP contribution in [0.25, 0.3) is 0 Å². The van der Waals surface area contributed by atoms with Crippen molar-refractivity contribution in [2.75, 3.05) is 32.9 Å². The topological polar surface area (TPSA) is 90.9 Å². The van der Waals surface area contributed by atoms with E-state index in [9.17, 15) is 13.2 Å². The number of nitrogens with one attached hydrogen (secondary N) is 2. The number of carbonyl (C=O) groups is 1. The zero-order chi connectivity index (χ0) is 18.5. The Morgan fingerprint density at radius 2 is 1.65 bits per heavy atom. The summed E-state index contributed by atoms with van der Waals surface area (Å²) in [6.07, 6.45) is 0. The van der Waals surface area contributed by atoms with Crippen molar-refractivity contribution in [3.8, 4) is 0 Å². The molecule has 0 aliphatic rings. The summed E-state index contributed by atoms with van der Waals surface area (Å²) in [4.78, 5) is 17.7. The number of nitrogens with zero attached hydrogens (tertiary/aromatic N) is 2. The Kier molecular flexibility index (Phi) is 7.53. The van der Waals surface area contributed by atoms with Gasteiger partial charge in [-0.2, -0.15) is 0 Å². The smallest absolute Gasteiger partial charge is 0.240 e. The van der Waals surface area contributed by atoms with Gasteiger partial charge < -0.3 is 15.5 Å². The lowest BCUT2D eigenvalue weighted by Gasteiger charge is -2.26. The van der Waals surface area contributed by atoms with Crippen molar-refractivity contribution in [2.24, 2.45) is 4.99 Å². The molecule has 8 heteroatoms. The summed E-state index contributed by atoms with van der Waals surface area (Å²) >= 11 is 0. The molecule has 0 aromatic heterocycles. The molecule has 0 rings (SSSR count). The number of sulfone groups is 1. The molecule has 23 heavy (non-hydrogen) atoms. The van der Waals surface area contributed by atoms with Gasteiger partial charge in [-0.3, -0.25) is 9.79 Å². The fourth-order valence-electron chi connectivity index (χ4n) is 1.74. The highest BCUT2D eigenvalue weighted by molar-refractivity contribution is 7.92. The summed E-state index contributed by atoms with van der Waals surface area (Å²) in [5, 5.41) is 5.85. The van der Waals surface area contributed by atoms with Crippen LogP contribution in [0.5, 0.6) is 0 Å². The van der Waals surface area contributed by atoms with Crippen LogP contribution >= 0.6 is 0 Å². The molecule has 0 saturated carbocycles. The van der Waals surface area contributed by atoms with E-state index in [2.05, 4.69) is 15.6 Å². The maximum atomic E-state index is 12.1. The number of hydrogen-bond acceptors (Lipinski definition) is 4. The number of likely N-dealkylation sites (N-methyl/N-ethyl adjacent to an activating group) is 1. The molecule has 0 atom stereocenters. The lowest BCUT2D eigenvalue weighted by atomic mass is 10.1. The van der Waals surface area contributed by atoms with Crippen LogP contribution in [-0.2, 0) is 14.6 Å². The Hall–Kier alpha value is -1.31. The van der Waals surface area contributed by atoms with Crippen LogP contribution in [0.2, 0.25) is 0 Å². The Balaban J connectivity index is 4.55. The molecule has 0 spiro atoms. The molecule has 0 heterocycles. The van der Waals surface area contributed by atoms with Crippen molar-refractivity contribution < 1.29 is 13.2 Å². The molecule has 0 unspecified atom stereocenters. The molecule has 0 radical (unpaired) electrons. The van der Waals surface area contributed by atoms with E-state index in [1.54, 1.807) is 39.8 Å². The molecule has 0 saturated heterocycles. The van der Waals surface area contributed by atoms with E-state index < -0.39 is 14.6 Å². The minimum atomic E-state index is -3.19. The van der Waals surface area contributed by atoms with Gasteiger partial charge in [-0.15, -0.1) is 0 Å². The fourth-order valence-corrected chi connectivity index (χ4v) is 2.72. The van der Waals surface area contributed by atoms with E-state index in [4.69, 9.17) is 0 Å². The number of rotatable bonds is 5. The first-order chi connectivity index (χ1) is 10.2. The third-order valence-corrected chi connectivity index (χ3v) is 5.66. The van der Waals surface area contributed by atoms with Crippen molar-refractivity contribution >= 4 is 21.7 Å². The maximum Gasteiger partial charge on any atom is 0.240 e. The highest BCUT2D eigenvalue weighted by Crippen LogP contribution is 2.15. The minimum absolute atomic E-state index is 0.0115. The fraction of sp³-hybridized carbons (Fsp3) is 0.867. The Morgan fingerprint density at radius 1 is 1.13 bits per heavy atom. The van der Waals surface area contributed by atoms with Crippen LogP contribution in [0, 0.1) is 0 Å². The number of amides is 1. The Bertz CT molecular complexity index is 528. The van der Waals surface area contributed by atoms with E-state index in [1.165, 1.54) is 0 Å². The summed E-state index contributed by atoms with van der Waals surface area (Å²) in [6, 6.07) is 0. The molecule has 0 aliphatic carbocycles. The van der Waals surface area contributed by atoms with Crippen LogP contribution in [0.4, 0.5) is 0 Å². The van der Waals surface area contributed by atoms with Gasteiger partial charge in [0.1, 0.15) is 0 Å². The first-order valence-corrected chi connectivity index (χ1v) is 9.30. The molecule has 1 amide bonds. The second-order valence-corrected chi connectivity index (χ2v) is 10.4. The van der Waals surface area contributed by atoms with Gasteiger partial charge in [0.2, 0.25) is 5.91 Å². The molecule has 0 fully saturated rings. The molecule has 7 nitrogen and oxygen atoms in total. The van der Waals surface area contributed by atoms with Crippen molar-refractivity contribution in [3.63, 3.8) is 0 Å². The first-order valence-electron chi connectivity index (χ1n) is 7.65. The second kappa shape index (κ2) is 7.99. The lowest BCUT2D eigenvalue weighted by molar-refractivity contribution is -0.122. The van der Waals surface area contributed by atoms with Crippen LogP contribution < -0.4 is 10.6 Å². The van der Waals surface area contributed by atoms with Crippen molar-refractivity contribution in [3.05, 3.63) is 0 Å². The van der Waals surface area contributed by atoms with Gasteiger partial charge in [0.15, 0.2) is 15.8 Å². The van der Waals surface area contributed by atoms with Crippen LogP contribution in [-0.4, -0.2) is 68.4 Å². The molecule has 0 aliphatic heterocycles. The van der Waals surface area contributed by atoms with Crippen LogP contribution in [0.1, 0.15) is 41.5 Å². The standard InChI is InChI=1S/C15H32N4O3S/c1-14(2,3)18-12(20)11-19(8)13(16-7)17-9-10-23(21,22)15(4,5)6/h9-11H2,1-8H3,(H,16,17)(H,18,20). The van der Waals surface area contributed by atoms with Gasteiger partial charge in [0, 0.05) is 26.2 Å². The monoisotopic (exact) mass is 348 g/mol. The predicted octanol–water partition coefficient (Wildman–Crippen LogP) is 0.622. The van der Waals surface area contributed by atoms with Gasteiger partial charge in [0.05, 0.1) is 17.0 Å². The molecular formula is C15H32N4O3S. The van der Waals surface area contributed by atoms with E-state index >= 15 is 0 Å². The van der Waals surface area contributed by atoms with Gasteiger partial charge in [0.25, 0.3) is 0 Å². The van der Waals surface area contributed by atoms with Gasteiger partial charge in [-0.05, 0) is 41.5 Å². The third kappa shape index (κ3) is 8.20. The molecule has 0 aromatic rings. The number of carbonyl (C=O) groups excluding carboxylic acids is 1. The second-order valence-electron chi connectivity index (χ2n) is 7.56. The number of hydrogen-bond donors (Lipinski definition) is 2. The Labute approximate surface area is 140 Å². The molecule has 2 N–H and O–H groups in total. The average molecular weight is 349 g/mol. The van der Waals surface area contributed by atoms with Crippen LogP contribution in [0.15, 0.2) is 4.99 Å². The summed E-state index contributed by atoms with van der Waals surface area (Å²) < 4.78 is 23.4. The largest absolute Gasteiger partial charge is 0.355 e. The lowest BCUT2D eigenvalue weighted by Crippen LogP contribution is -2.49. The highest BCUT2D eigenvalue weighted by atomic mass is 32.2.